The normalized spacial score (nSPS) is 10.3. The predicted octanol–water partition coefficient (Wildman–Crippen LogP) is 4.51. The minimum absolute atomic E-state index is 0.275. The van der Waals surface area contributed by atoms with E-state index < -0.39 is 5.97 Å². The van der Waals surface area contributed by atoms with E-state index in [0.29, 0.717) is 5.69 Å². The zero-order valence-corrected chi connectivity index (χ0v) is 12.3. The van der Waals surface area contributed by atoms with E-state index in [1.165, 1.54) is 0 Å². The molecule has 3 nitrogen and oxygen atoms in total. The molecule has 2 rings (SSSR count). The van der Waals surface area contributed by atoms with E-state index >= 15 is 0 Å². The summed E-state index contributed by atoms with van der Waals surface area (Å²) in [5.74, 6) is -0.933. The van der Waals surface area contributed by atoms with Crippen LogP contribution in [0.15, 0.2) is 40.9 Å². The maximum atomic E-state index is 11.2. The SMILES string of the molecule is Cc1ccc(Nc2ccc(C)c(Br)c2)c(C(=O)O)c1. The number of hydrogen-bond donors (Lipinski definition) is 2. The van der Waals surface area contributed by atoms with Gasteiger partial charge in [0.15, 0.2) is 0 Å². The van der Waals surface area contributed by atoms with E-state index in [1.807, 2.05) is 38.1 Å². The van der Waals surface area contributed by atoms with Crippen LogP contribution in [0.2, 0.25) is 0 Å². The van der Waals surface area contributed by atoms with Gasteiger partial charge in [-0.3, -0.25) is 0 Å². The molecule has 0 spiro atoms. The summed E-state index contributed by atoms with van der Waals surface area (Å²) in [5.41, 5.74) is 3.77. The standard InChI is InChI=1S/C15H14BrNO2/c1-9-3-6-14(12(7-9)15(18)19)17-11-5-4-10(2)13(16)8-11/h3-8,17H,1-2H3,(H,18,19). The molecule has 0 saturated heterocycles. The fraction of sp³-hybridized carbons (Fsp3) is 0.133. The number of hydrogen-bond acceptors (Lipinski definition) is 2. The molecule has 4 heteroatoms. The van der Waals surface area contributed by atoms with Gasteiger partial charge in [0.05, 0.1) is 11.3 Å². The largest absolute Gasteiger partial charge is 0.478 e. The highest BCUT2D eigenvalue weighted by molar-refractivity contribution is 9.10. The van der Waals surface area contributed by atoms with Crippen molar-refractivity contribution >= 4 is 33.3 Å². The average molecular weight is 320 g/mol. The van der Waals surface area contributed by atoms with E-state index in [9.17, 15) is 9.90 Å². The summed E-state index contributed by atoms with van der Waals surface area (Å²) in [4.78, 5) is 11.2. The van der Waals surface area contributed by atoms with Gasteiger partial charge >= 0.3 is 5.97 Å². The Bertz CT molecular complexity index is 638. The van der Waals surface area contributed by atoms with E-state index in [2.05, 4.69) is 21.2 Å². The summed E-state index contributed by atoms with van der Waals surface area (Å²) in [7, 11) is 0. The molecule has 0 aliphatic rings. The van der Waals surface area contributed by atoms with Gasteiger partial charge in [-0.1, -0.05) is 33.6 Å². The summed E-state index contributed by atoms with van der Waals surface area (Å²) >= 11 is 3.46. The molecule has 0 unspecified atom stereocenters. The molecule has 2 aromatic carbocycles. The van der Waals surface area contributed by atoms with Crippen molar-refractivity contribution in [1.29, 1.82) is 0 Å². The fourth-order valence-corrected chi connectivity index (χ4v) is 2.15. The Hall–Kier alpha value is -1.81. The molecule has 19 heavy (non-hydrogen) atoms. The Labute approximate surface area is 120 Å². The van der Waals surface area contributed by atoms with Crippen LogP contribution in [0.1, 0.15) is 21.5 Å². The van der Waals surface area contributed by atoms with Gasteiger partial charge in [0.1, 0.15) is 0 Å². The lowest BCUT2D eigenvalue weighted by Gasteiger charge is -2.11. The Balaban J connectivity index is 2.37. The van der Waals surface area contributed by atoms with Crippen LogP contribution in [0, 0.1) is 13.8 Å². The van der Waals surface area contributed by atoms with Crippen molar-refractivity contribution in [2.24, 2.45) is 0 Å². The number of carboxylic acid groups (broad SMARTS) is 1. The topological polar surface area (TPSA) is 49.3 Å². The van der Waals surface area contributed by atoms with Crippen LogP contribution in [0.3, 0.4) is 0 Å². The monoisotopic (exact) mass is 319 g/mol. The van der Waals surface area contributed by atoms with Gasteiger partial charge in [0.25, 0.3) is 0 Å². The van der Waals surface area contributed by atoms with Crippen LogP contribution in [0.25, 0.3) is 0 Å². The first-order chi connectivity index (χ1) is 8.97. The first-order valence-electron chi connectivity index (χ1n) is 5.84. The van der Waals surface area contributed by atoms with Crippen LogP contribution in [-0.4, -0.2) is 11.1 Å². The Morgan fingerprint density at radius 3 is 2.53 bits per heavy atom. The number of benzene rings is 2. The number of nitrogens with one attached hydrogen (secondary N) is 1. The Morgan fingerprint density at radius 2 is 1.89 bits per heavy atom. The van der Waals surface area contributed by atoms with Gasteiger partial charge in [-0.05, 0) is 43.7 Å². The molecule has 0 amide bonds. The van der Waals surface area contributed by atoms with E-state index in [4.69, 9.17) is 0 Å². The maximum Gasteiger partial charge on any atom is 0.337 e. The van der Waals surface area contributed by atoms with Gasteiger partial charge in [0, 0.05) is 10.2 Å². The maximum absolute atomic E-state index is 11.2. The summed E-state index contributed by atoms with van der Waals surface area (Å²) in [5, 5.41) is 12.4. The van der Waals surface area contributed by atoms with Crippen molar-refractivity contribution in [2.45, 2.75) is 13.8 Å². The lowest BCUT2D eigenvalue weighted by Crippen LogP contribution is -2.03. The molecule has 0 saturated carbocycles. The highest BCUT2D eigenvalue weighted by Gasteiger charge is 2.10. The lowest BCUT2D eigenvalue weighted by atomic mass is 10.1. The van der Waals surface area contributed by atoms with Crippen molar-refractivity contribution in [3.05, 3.63) is 57.6 Å². The summed E-state index contributed by atoms with van der Waals surface area (Å²) in [6.07, 6.45) is 0. The molecule has 2 N–H and O–H groups in total. The minimum atomic E-state index is -0.933. The third kappa shape index (κ3) is 3.15. The third-order valence-corrected chi connectivity index (χ3v) is 3.71. The quantitative estimate of drug-likeness (QED) is 0.875. The fourth-order valence-electron chi connectivity index (χ4n) is 1.77. The van der Waals surface area contributed by atoms with Gasteiger partial charge in [-0.15, -0.1) is 0 Å². The van der Waals surface area contributed by atoms with Crippen LogP contribution in [-0.2, 0) is 0 Å². The number of anilines is 2. The Kier molecular flexibility index (Phi) is 3.90. The van der Waals surface area contributed by atoms with E-state index in [1.54, 1.807) is 12.1 Å². The first kappa shape index (κ1) is 13.6. The van der Waals surface area contributed by atoms with Gasteiger partial charge in [-0.25, -0.2) is 4.79 Å². The third-order valence-electron chi connectivity index (χ3n) is 2.86. The molecule has 0 bridgehead atoms. The first-order valence-corrected chi connectivity index (χ1v) is 6.64. The van der Waals surface area contributed by atoms with Gasteiger partial charge < -0.3 is 10.4 Å². The zero-order valence-electron chi connectivity index (χ0n) is 10.7. The summed E-state index contributed by atoms with van der Waals surface area (Å²) in [6, 6.07) is 11.2. The zero-order chi connectivity index (χ0) is 14.0. The number of carbonyl (C=O) groups is 1. The van der Waals surface area contributed by atoms with Crippen LogP contribution in [0.4, 0.5) is 11.4 Å². The second-order valence-corrected chi connectivity index (χ2v) is 5.30. The summed E-state index contributed by atoms with van der Waals surface area (Å²) in [6.45, 7) is 3.88. The van der Waals surface area contributed by atoms with Crippen molar-refractivity contribution in [2.75, 3.05) is 5.32 Å². The Morgan fingerprint density at radius 1 is 1.16 bits per heavy atom. The molecule has 0 atom stereocenters. The van der Waals surface area contributed by atoms with Crippen molar-refractivity contribution in [3.63, 3.8) is 0 Å². The van der Waals surface area contributed by atoms with Crippen molar-refractivity contribution < 1.29 is 9.90 Å². The molecule has 2 aromatic rings. The molecular weight excluding hydrogens is 306 g/mol. The lowest BCUT2D eigenvalue weighted by molar-refractivity contribution is 0.0698. The molecule has 0 aliphatic carbocycles. The van der Waals surface area contributed by atoms with Gasteiger partial charge in [-0.2, -0.15) is 0 Å². The average Bonchev–Trinajstić information content (AvgIpc) is 2.36. The number of carboxylic acids is 1. The predicted molar refractivity (Wildman–Crippen MR) is 80.3 cm³/mol. The van der Waals surface area contributed by atoms with Crippen LogP contribution < -0.4 is 5.32 Å². The van der Waals surface area contributed by atoms with E-state index in [0.717, 1.165) is 21.3 Å². The molecule has 98 valence electrons. The number of aromatic carboxylic acids is 1. The molecule has 0 aliphatic heterocycles. The minimum Gasteiger partial charge on any atom is -0.478 e. The molecule has 0 heterocycles. The van der Waals surface area contributed by atoms with Crippen LogP contribution >= 0.6 is 15.9 Å². The molecule has 0 fully saturated rings. The smallest absolute Gasteiger partial charge is 0.337 e. The summed E-state index contributed by atoms with van der Waals surface area (Å²) < 4.78 is 0.987. The molecule has 0 radical (unpaired) electrons. The molecular formula is C15H14BrNO2. The number of aryl methyl sites for hydroxylation is 2. The van der Waals surface area contributed by atoms with Crippen LogP contribution in [0.5, 0.6) is 0 Å². The highest BCUT2D eigenvalue weighted by Crippen LogP contribution is 2.26. The number of rotatable bonds is 3. The van der Waals surface area contributed by atoms with Crippen molar-refractivity contribution in [3.8, 4) is 0 Å². The van der Waals surface area contributed by atoms with Gasteiger partial charge in [0.2, 0.25) is 0 Å². The second-order valence-electron chi connectivity index (χ2n) is 4.44. The second kappa shape index (κ2) is 5.45. The van der Waals surface area contributed by atoms with E-state index in [-0.39, 0.29) is 5.56 Å². The van der Waals surface area contributed by atoms with Crippen molar-refractivity contribution in [1.82, 2.24) is 0 Å². The highest BCUT2D eigenvalue weighted by atomic mass is 79.9. The number of halogens is 1. The molecule has 0 aromatic heterocycles.